The summed E-state index contributed by atoms with van der Waals surface area (Å²) in [4.78, 5) is 11.3. The van der Waals surface area contributed by atoms with Crippen LogP contribution in [0.3, 0.4) is 0 Å². The Labute approximate surface area is 81.0 Å². The first-order chi connectivity index (χ1) is 6.13. The molecule has 0 aromatic carbocycles. The topological polar surface area (TPSA) is 26.3 Å². The highest BCUT2D eigenvalue weighted by molar-refractivity contribution is 5.75. The lowest BCUT2D eigenvalue weighted by Crippen LogP contribution is -2.16. The predicted molar refractivity (Wildman–Crippen MR) is 54.5 cm³/mol. The summed E-state index contributed by atoms with van der Waals surface area (Å²) in [5, 5.41) is 0. The van der Waals surface area contributed by atoms with Crippen molar-refractivity contribution in [2.45, 2.75) is 39.5 Å². The van der Waals surface area contributed by atoms with Crippen LogP contribution in [0.4, 0.5) is 0 Å². The van der Waals surface area contributed by atoms with E-state index in [-0.39, 0.29) is 11.9 Å². The van der Waals surface area contributed by atoms with Gasteiger partial charge < -0.3 is 4.74 Å². The minimum absolute atomic E-state index is 0.100. The van der Waals surface area contributed by atoms with E-state index >= 15 is 0 Å². The van der Waals surface area contributed by atoms with Gasteiger partial charge in [0.25, 0.3) is 0 Å². The summed E-state index contributed by atoms with van der Waals surface area (Å²) in [5.41, 5.74) is 0.906. The van der Waals surface area contributed by atoms with Crippen molar-refractivity contribution in [3.63, 3.8) is 0 Å². The molecule has 0 spiro atoms. The number of unbranched alkanes of at least 4 members (excludes halogenated alkanes) is 2. The summed E-state index contributed by atoms with van der Waals surface area (Å²) >= 11 is 0. The molecule has 0 N–H and O–H groups in total. The Morgan fingerprint density at radius 1 is 1.46 bits per heavy atom. The van der Waals surface area contributed by atoms with Gasteiger partial charge in [-0.3, -0.25) is 4.79 Å². The van der Waals surface area contributed by atoms with Crippen LogP contribution in [-0.2, 0) is 9.53 Å². The van der Waals surface area contributed by atoms with Crippen LogP contribution in [0.2, 0.25) is 0 Å². The van der Waals surface area contributed by atoms with Crippen LogP contribution in [0.5, 0.6) is 0 Å². The number of esters is 1. The number of carbonyl (C=O) groups is 1. The minimum Gasteiger partial charge on any atom is -0.469 e. The lowest BCUT2D eigenvalue weighted by molar-refractivity contribution is -0.144. The Morgan fingerprint density at radius 3 is 2.46 bits per heavy atom. The second kappa shape index (κ2) is 6.70. The Kier molecular flexibility index (Phi) is 6.29. The zero-order valence-electron chi connectivity index (χ0n) is 8.93. The van der Waals surface area contributed by atoms with E-state index in [9.17, 15) is 4.79 Å². The molecule has 0 bridgehead atoms. The highest BCUT2D eigenvalue weighted by Crippen LogP contribution is 2.18. The van der Waals surface area contributed by atoms with Gasteiger partial charge in [-0.25, -0.2) is 0 Å². The highest BCUT2D eigenvalue weighted by Gasteiger charge is 2.18. The number of methoxy groups -OCH3 is 1. The first kappa shape index (κ1) is 12.2. The van der Waals surface area contributed by atoms with Crippen LogP contribution in [0, 0.1) is 5.92 Å². The Hall–Kier alpha value is -0.790. The van der Waals surface area contributed by atoms with Crippen molar-refractivity contribution in [1.29, 1.82) is 0 Å². The fourth-order valence-corrected chi connectivity index (χ4v) is 1.31. The van der Waals surface area contributed by atoms with Gasteiger partial charge in [0.05, 0.1) is 13.0 Å². The summed E-state index contributed by atoms with van der Waals surface area (Å²) in [5.74, 6) is -0.250. The molecule has 0 radical (unpaired) electrons. The molecule has 0 saturated heterocycles. The average molecular weight is 184 g/mol. The van der Waals surface area contributed by atoms with E-state index in [1.165, 1.54) is 20.0 Å². The molecule has 0 saturated carbocycles. The normalized spacial score (nSPS) is 12.2. The van der Waals surface area contributed by atoms with Crippen molar-refractivity contribution < 1.29 is 9.53 Å². The van der Waals surface area contributed by atoms with Gasteiger partial charge in [-0.1, -0.05) is 38.3 Å². The molecule has 0 amide bonds. The molecule has 13 heavy (non-hydrogen) atoms. The van der Waals surface area contributed by atoms with E-state index < -0.39 is 0 Å². The fraction of sp³-hybridized carbons (Fsp3) is 0.727. The van der Waals surface area contributed by atoms with E-state index in [0.29, 0.717) is 0 Å². The molecule has 0 heterocycles. The molecule has 2 heteroatoms. The first-order valence-corrected chi connectivity index (χ1v) is 4.86. The number of rotatable bonds is 6. The van der Waals surface area contributed by atoms with E-state index in [2.05, 4.69) is 13.5 Å². The van der Waals surface area contributed by atoms with Gasteiger partial charge in [0.2, 0.25) is 0 Å². The quantitative estimate of drug-likeness (QED) is 0.360. The summed E-state index contributed by atoms with van der Waals surface area (Å²) in [6.07, 6.45) is 4.28. The fourth-order valence-electron chi connectivity index (χ4n) is 1.31. The number of hydrogen-bond acceptors (Lipinski definition) is 2. The molecule has 0 aromatic rings. The molecule has 0 aliphatic heterocycles. The zero-order chi connectivity index (χ0) is 10.3. The van der Waals surface area contributed by atoms with Gasteiger partial charge >= 0.3 is 5.97 Å². The first-order valence-electron chi connectivity index (χ1n) is 4.86. The van der Waals surface area contributed by atoms with Gasteiger partial charge in [0, 0.05) is 0 Å². The van der Waals surface area contributed by atoms with Crippen LogP contribution in [-0.4, -0.2) is 13.1 Å². The van der Waals surface area contributed by atoms with Crippen molar-refractivity contribution in [3.8, 4) is 0 Å². The van der Waals surface area contributed by atoms with E-state index in [4.69, 9.17) is 4.74 Å². The zero-order valence-corrected chi connectivity index (χ0v) is 8.93. The van der Waals surface area contributed by atoms with Crippen LogP contribution in [0.25, 0.3) is 0 Å². The second-order valence-electron chi connectivity index (χ2n) is 3.42. The molecule has 2 nitrogen and oxygen atoms in total. The second-order valence-corrected chi connectivity index (χ2v) is 3.42. The maximum Gasteiger partial charge on any atom is 0.312 e. The third-order valence-corrected chi connectivity index (χ3v) is 2.18. The minimum atomic E-state index is -0.149. The predicted octanol–water partition coefficient (Wildman–Crippen LogP) is 2.93. The van der Waals surface area contributed by atoms with Crippen LogP contribution in [0.15, 0.2) is 12.2 Å². The third-order valence-electron chi connectivity index (χ3n) is 2.18. The van der Waals surface area contributed by atoms with E-state index in [0.717, 1.165) is 18.4 Å². The van der Waals surface area contributed by atoms with Gasteiger partial charge in [0.1, 0.15) is 0 Å². The van der Waals surface area contributed by atoms with Crippen LogP contribution >= 0.6 is 0 Å². The van der Waals surface area contributed by atoms with E-state index in [1.807, 2.05) is 6.92 Å². The van der Waals surface area contributed by atoms with Crippen molar-refractivity contribution in [2.75, 3.05) is 7.11 Å². The highest BCUT2D eigenvalue weighted by atomic mass is 16.5. The standard InChI is InChI=1S/C11H20O2/c1-5-6-7-8-10(9(2)3)11(12)13-4/h10H,2,5-8H2,1,3-4H3. The van der Waals surface area contributed by atoms with Gasteiger partial charge in [-0.2, -0.15) is 0 Å². The Bertz CT molecular complexity index is 173. The van der Waals surface area contributed by atoms with Crippen molar-refractivity contribution in [3.05, 3.63) is 12.2 Å². The van der Waals surface area contributed by atoms with Crippen LogP contribution < -0.4 is 0 Å². The molecule has 1 unspecified atom stereocenters. The molecule has 1 atom stereocenters. The molecule has 0 rings (SSSR count). The lowest BCUT2D eigenvalue weighted by Gasteiger charge is -2.13. The summed E-state index contributed by atoms with van der Waals surface area (Å²) in [6, 6.07) is 0. The third kappa shape index (κ3) is 4.71. The maximum atomic E-state index is 11.3. The molecule has 0 aromatic heterocycles. The van der Waals surface area contributed by atoms with Gasteiger partial charge in [-0.15, -0.1) is 0 Å². The number of ether oxygens (including phenoxy) is 1. The summed E-state index contributed by atoms with van der Waals surface area (Å²) < 4.78 is 4.70. The summed E-state index contributed by atoms with van der Waals surface area (Å²) in [6.45, 7) is 7.83. The Balaban J connectivity index is 3.95. The van der Waals surface area contributed by atoms with Crippen molar-refractivity contribution in [1.82, 2.24) is 0 Å². The molecule has 76 valence electrons. The smallest absolute Gasteiger partial charge is 0.312 e. The van der Waals surface area contributed by atoms with Crippen molar-refractivity contribution >= 4 is 5.97 Å². The molecule has 0 fully saturated rings. The van der Waals surface area contributed by atoms with Crippen molar-refractivity contribution in [2.24, 2.45) is 5.92 Å². The Morgan fingerprint density at radius 2 is 2.08 bits per heavy atom. The van der Waals surface area contributed by atoms with Gasteiger partial charge in [-0.05, 0) is 13.3 Å². The number of hydrogen-bond donors (Lipinski definition) is 0. The van der Waals surface area contributed by atoms with Crippen LogP contribution in [0.1, 0.15) is 39.5 Å². The molecular weight excluding hydrogens is 164 g/mol. The largest absolute Gasteiger partial charge is 0.469 e. The SMILES string of the molecule is C=C(C)C(CCCCC)C(=O)OC. The van der Waals surface area contributed by atoms with Gasteiger partial charge in [0.15, 0.2) is 0 Å². The summed E-state index contributed by atoms with van der Waals surface area (Å²) in [7, 11) is 1.43. The van der Waals surface area contributed by atoms with E-state index in [1.54, 1.807) is 0 Å². The number of carbonyl (C=O) groups excluding carboxylic acids is 1. The molecular formula is C11H20O2. The monoisotopic (exact) mass is 184 g/mol. The maximum absolute atomic E-state index is 11.3. The lowest BCUT2D eigenvalue weighted by atomic mass is 9.95. The average Bonchev–Trinajstić information content (AvgIpc) is 2.11. The molecule has 0 aliphatic rings. The molecule has 0 aliphatic carbocycles.